The third-order valence-electron chi connectivity index (χ3n) is 4.40. The van der Waals surface area contributed by atoms with Gasteiger partial charge in [-0.05, 0) is 43.9 Å². The van der Waals surface area contributed by atoms with Crippen LogP contribution in [0.25, 0.3) is 0 Å². The summed E-state index contributed by atoms with van der Waals surface area (Å²) < 4.78 is 5.34. The Kier molecular flexibility index (Phi) is 4.69. The lowest BCUT2D eigenvalue weighted by Crippen LogP contribution is -2.32. The first-order valence-electron chi connectivity index (χ1n) is 7.75. The van der Waals surface area contributed by atoms with Crippen molar-refractivity contribution < 1.29 is 9.63 Å². The molecule has 2 atom stereocenters. The topological polar surface area (TPSA) is 58.3 Å². The minimum Gasteiger partial charge on any atom is -0.508 e. The molecule has 2 N–H and O–H groups in total. The van der Waals surface area contributed by atoms with Crippen molar-refractivity contribution in [2.24, 2.45) is 5.92 Å². The van der Waals surface area contributed by atoms with Crippen LogP contribution in [0.4, 0.5) is 0 Å². The first-order valence-corrected chi connectivity index (χ1v) is 8.12. The van der Waals surface area contributed by atoms with E-state index < -0.39 is 0 Å². The molecule has 5 heteroatoms. The fraction of sp³-hybridized carbons (Fsp3) is 0.471. The Labute approximate surface area is 135 Å². The molecule has 0 aliphatic heterocycles. The Balaban J connectivity index is 1.60. The van der Waals surface area contributed by atoms with Gasteiger partial charge in [0, 0.05) is 35.7 Å². The Morgan fingerprint density at radius 1 is 1.36 bits per heavy atom. The molecule has 1 heterocycles. The Morgan fingerprint density at radius 2 is 2.23 bits per heavy atom. The second-order valence-electron chi connectivity index (χ2n) is 6.09. The predicted octanol–water partition coefficient (Wildman–Crippen LogP) is 3.84. The Morgan fingerprint density at radius 3 is 3.00 bits per heavy atom. The molecule has 1 aliphatic rings. The van der Waals surface area contributed by atoms with Crippen LogP contribution in [0.1, 0.15) is 36.3 Å². The largest absolute Gasteiger partial charge is 0.508 e. The summed E-state index contributed by atoms with van der Waals surface area (Å²) in [5, 5.41) is 18.1. The summed E-state index contributed by atoms with van der Waals surface area (Å²) in [4.78, 5) is 0. The van der Waals surface area contributed by atoms with E-state index in [1.165, 1.54) is 12.8 Å². The molecule has 1 aliphatic carbocycles. The molecule has 0 bridgehead atoms. The average Bonchev–Trinajstić information content (AvgIpc) is 3.10. The maximum Gasteiger partial charge on any atom is 0.137 e. The number of rotatable bonds is 5. The highest BCUT2D eigenvalue weighted by Crippen LogP contribution is 2.30. The minimum absolute atomic E-state index is 0.289. The zero-order valence-corrected chi connectivity index (χ0v) is 13.4. The van der Waals surface area contributed by atoms with Gasteiger partial charge in [-0.1, -0.05) is 23.2 Å². The van der Waals surface area contributed by atoms with E-state index in [2.05, 4.69) is 10.5 Å². The molecule has 1 fully saturated rings. The average molecular weight is 321 g/mol. The first-order chi connectivity index (χ1) is 10.6. The van der Waals surface area contributed by atoms with E-state index in [-0.39, 0.29) is 5.75 Å². The normalized spacial score (nSPS) is 21.4. The van der Waals surface area contributed by atoms with Crippen molar-refractivity contribution in [1.29, 1.82) is 0 Å². The summed E-state index contributed by atoms with van der Waals surface area (Å²) in [5.74, 6) is 1.80. The molecule has 0 radical (unpaired) electrons. The van der Waals surface area contributed by atoms with Crippen LogP contribution in [-0.2, 0) is 13.0 Å². The number of aryl methyl sites for hydroxylation is 1. The third-order valence-corrected chi connectivity index (χ3v) is 4.63. The van der Waals surface area contributed by atoms with Gasteiger partial charge in [0.05, 0.1) is 5.69 Å². The number of hydrogen-bond acceptors (Lipinski definition) is 4. The molecule has 0 spiro atoms. The van der Waals surface area contributed by atoms with Crippen molar-refractivity contribution in [1.82, 2.24) is 10.5 Å². The number of phenolic OH excluding ortho intramolecular Hbond substituents is 1. The molecule has 0 unspecified atom stereocenters. The van der Waals surface area contributed by atoms with E-state index >= 15 is 0 Å². The van der Waals surface area contributed by atoms with Crippen molar-refractivity contribution in [3.05, 3.63) is 46.3 Å². The van der Waals surface area contributed by atoms with Gasteiger partial charge in [-0.15, -0.1) is 0 Å². The van der Waals surface area contributed by atoms with Crippen LogP contribution in [0.3, 0.4) is 0 Å². The number of aromatic hydroxyl groups is 1. The number of benzene rings is 1. The van der Waals surface area contributed by atoms with Crippen LogP contribution in [0, 0.1) is 12.8 Å². The molecular formula is C17H21ClN2O2. The predicted molar refractivity (Wildman–Crippen MR) is 86.0 cm³/mol. The van der Waals surface area contributed by atoms with Gasteiger partial charge in [0.1, 0.15) is 11.5 Å². The molecule has 1 aromatic heterocycles. The van der Waals surface area contributed by atoms with E-state index in [1.807, 2.05) is 19.1 Å². The number of nitrogens with one attached hydrogen (secondary N) is 1. The van der Waals surface area contributed by atoms with Crippen molar-refractivity contribution in [2.45, 2.75) is 45.2 Å². The van der Waals surface area contributed by atoms with E-state index in [0.717, 1.165) is 29.9 Å². The number of phenols is 1. The van der Waals surface area contributed by atoms with Gasteiger partial charge >= 0.3 is 0 Å². The Hall–Kier alpha value is -1.52. The van der Waals surface area contributed by atoms with Crippen molar-refractivity contribution in [2.75, 3.05) is 0 Å². The monoisotopic (exact) mass is 320 g/mol. The molecule has 2 aromatic rings. The van der Waals surface area contributed by atoms with E-state index in [0.29, 0.717) is 23.5 Å². The zero-order valence-electron chi connectivity index (χ0n) is 12.7. The van der Waals surface area contributed by atoms with Gasteiger partial charge in [0.15, 0.2) is 0 Å². The maximum atomic E-state index is 9.89. The minimum atomic E-state index is 0.289. The van der Waals surface area contributed by atoms with E-state index in [1.54, 1.807) is 12.1 Å². The van der Waals surface area contributed by atoms with Gasteiger partial charge in [-0.2, -0.15) is 0 Å². The lowest BCUT2D eigenvalue weighted by atomic mass is 9.97. The van der Waals surface area contributed by atoms with Crippen molar-refractivity contribution >= 4 is 11.6 Å². The first kappa shape index (κ1) is 15.4. The number of hydrogen-bond donors (Lipinski definition) is 2. The quantitative estimate of drug-likeness (QED) is 0.878. The van der Waals surface area contributed by atoms with Crippen LogP contribution < -0.4 is 5.32 Å². The second kappa shape index (κ2) is 6.71. The zero-order chi connectivity index (χ0) is 15.5. The molecular weight excluding hydrogens is 300 g/mol. The van der Waals surface area contributed by atoms with E-state index in [4.69, 9.17) is 16.1 Å². The van der Waals surface area contributed by atoms with Crippen LogP contribution in [0.2, 0.25) is 5.02 Å². The van der Waals surface area contributed by atoms with Crippen LogP contribution in [0.15, 0.2) is 28.8 Å². The number of nitrogens with zero attached hydrogens (tertiary/aromatic N) is 1. The van der Waals surface area contributed by atoms with Crippen molar-refractivity contribution in [3.63, 3.8) is 0 Å². The van der Waals surface area contributed by atoms with Gasteiger partial charge < -0.3 is 14.9 Å². The Bertz CT molecular complexity index is 641. The van der Waals surface area contributed by atoms with Gasteiger partial charge in [-0.25, -0.2) is 0 Å². The molecule has 3 rings (SSSR count). The summed E-state index contributed by atoms with van der Waals surface area (Å²) in [5.41, 5.74) is 1.77. The van der Waals surface area contributed by atoms with Crippen LogP contribution >= 0.6 is 11.6 Å². The highest BCUT2D eigenvalue weighted by Gasteiger charge is 2.28. The summed E-state index contributed by atoms with van der Waals surface area (Å²) in [6.45, 7) is 2.57. The second-order valence-corrected chi connectivity index (χ2v) is 6.53. The molecule has 22 heavy (non-hydrogen) atoms. The molecule has 0 amide bonds. The summed E-state index contributed by atoms with van der Waals surface area (Å²) in [7, 11) is 0. The summed E-state index contributed by atoms with van der Waals surface area (Å²) in [6, 6.07) is 7.60. The SMILES string of the molecule is Cc1cc(C[C@@H]2CCC[C@H]2NCc2cc(Cl)ccc2O)on1. The number of aromatic nitrogens is 1. The highest BCUT2D eigenvalue weighted by molar-refractivity contribution is 6.30. The fourth-order valence-electron chi connectivity index (χ4n) is 3.26. The van der Waals surface area contributed by atoms with Gasteiger partial charge in [0.2, 0.25) is 0 Å². The van der Waals surface area contributed by atoms with Crippen LogP contribution in [0.5, 0.6) is 5.75 Å². The molecule has 118 valence electrons. The maximum absolute atomic E-state index is 9.89. The lowest BCUT2D eigenvalue weighted by molar-refractivity contribution is 0.328. The molecule has 1 aromatic carbocycles. The third kappa shape index (κ3) is 3.62. The standard InChI is InChI=1S/C17H21ClN2O2/c1-11-7-15(22-20-11)9-12-3-2-4-16(12)19-10-13-8-14(18)5-6-17(13)21/h5-8,12,16,19,21H,2-4,9-10H2,1H3/t12-,16+/m0/s1. The summed E-state index contributed by atoms with van der Waals surface area (Å²) in [6.07, 6.45) is 4.48. The molecule has 4 nitrogen and oxygen atoms in total. The number of halogens is 1. The molecule has 1 saturated carbocycles. The van der Waals surface area contributed by atoms with E-state index in [9.17, 15) is 5.11 Å². The van der Waals surface area contributed by atoms with Crippen LogP contribution in [-0.4, -0.2) is 16.3 Å². The summed E-state index contributed by atoms with van der Waals surface area (Å²) >= 11 is 5.99. The lowest BCUT2D eigenvalue weighted by Gasteiger charge is -2.20. The van der Waals surface area contributed by atoms with Crippen molar-refractivity contribution in [3.8, 4) is 5.75 Å². The molecule has 0 saturated heterocycles. The fourth-order valence-corrected chi connectivity index (χ4v) is 3.45. The highest BCUT2D eigenvalue weighted by atomic mass is 35.5. The van der Waals surface area contributed by atoms with Gasteiger partial charge in [-0.3, -0.25) is 0 Å². The van der Waals surface area contributed by atoms with Gasteiger partial charge in [0.25, 0.3) is 0 Å². The smallest absolute Gasteiger partial charge is 0.137 e.